The zero-order valence-corrected chi connectivity index (χ0v) is 12.6. The number of hydrogen-bond donors (Lipinski definition) is 1. The van der Waals surface area contributed by atoms with E-state index in [2.05, 4.69) is 5.32 Å². The highest BCUT2D eigenvalue weighted by atomic mass is 19.1. The molecule has 116 valence electrons. The molecule has 0 radical (unpaired) electrons. The maximum Gasteiger partial charge on any atom is 0.241 e. The van der Waals surface area contributed by atoms with Crippen LogP contribution in [0.15, 0.2) is 18.2 Å². The molecule has 21 heavy (non-hydrogen) atoms. The van der Waals surface area contributed by atoms with Crippen molar-refractivity contribution in [2.75, 3.05) is 51.8 Å². The van der Waals surface area contributed by atoms with Gasteiger partial charge in [0.05, 0.1) is 13.2 Å². The number of hydrogen-bond acceptors (Lipinski definition) is 4. The molecule has 0 saturated carbocycles. The third kappa shape index (κ3) is 4.15. The van der Waals surface area contributed by atoms with Crippen LogP contribution in [-0.2, 0) is 16.1 Å². The van der Waals surface area contributed by atoms with Gasteiger partial charge in [-0.15, -0.1) is 0 Å². The molecule has 1 aliphatic rings. The Balaban J connectivity index is 2.09. The molecular weight excluding hydrogens is 273 g/mol. The average Bonchev–Trinajstić information content (AvgIpc) is 2.47. The van der Waals surface area contributed by atoms with Gasteiger partial charge in [-0.2, -0.15) is 0 Å². The normalized spacial score (nSPS) is 15.7. The van der Waals surface area contributed by atoms with Gasteiger partial charge in [0, 0.05) is 46.0 Å². The lowest BCUT2D eigenvalue weighted by molar-refractivity contribution is -0.129. The number of piperazine rings is 1. The van der Waals surface area contributed by atoms with E-state index in [0.29, 0.717) is 32.8 Å². The SMILES string of the molecule is COCCNCc1cc(F)ccc1N1CCN(C)C(=O)C1. The summed E-state index contributed by atoms with van der Waals surface area (Å²) >= 11 is 0. The minimum Gasteiger partial charge on any atom is -0.383 e. The number of amides is 1. The number of anilines is 1. The zero-order chi connectivity index (χ0) is 15.2. The second-order valence-corrected chi connectivity index (χ2v) is 5.18. The summed E-state index contributed by atoms with van der Waals surface area (Å²) in [6, 6.07) is 4.72. The summed E-state index contributed by atoms with van der Waals surface area (Å²) in [5.41, 5.74) is 1.78. The number of likely N-dealkylation sites (N-methyl/N-ethyl adjacent to an activating group) is 1. The largest absolute Gasteiger partial charge is 0.383 e. The summed E-state index contributed by atoms with van der Waals surface area (Å²) in [7, 11) is 3.45. The molecule has 0 atom stereocenters. The summed E-state index contributed by atoms with van der Waals surface area (Å²) in [5, 5.41) is 3.22. The van der Waals surface area contributed by atoms with Gasteiger partial charge in [-0.25, -0.2) is 4.39 Å². The van der Waals surface area contributed by atoms with E-state index in [1.165, 1.54) is 12.1 Å². The van der Waals surface area contributed by atoms with Crippen LogP contribution >= 0.6 is 0 Å². The molecule has 1 amide bonds. The summed E-state index contributed by atoms with van der Waals surface area (Å²) in [5.74, 6) is -0.174. The van der Waals surface area contributed by atoms with E-state index in [1.54, 1.807) is 25.1 Å². The van der Waals surface area contributed by atoms with Crippen molar-refractivity contribution in [3.63, 3.8) is 0 Å². The molecule has 5 nitrogen and oxygen atoms in total. The van der Waals surface area contributed by atoms with Crippen molar-refractivity contribution < 1.29 is 13.9 Å². The van der Waals surface area contributed by atoms with Crippen LogP contribution in [0, 0.1) is 5.82 Å². The minimum absolute atomic E-state index is 0.0869. The molecule has 2 rings (SSSR count). The van der Waals surface area contributed by atoms with Gasteiger partial charge in [0.1, 0.15) is 5.82 Å². The van der Waals surface area contributed by atoms with E-state index in [1.807, 2.05) is 4.90 Å². The lowest BCUT2D eigenvalue weighted by Crippen LogP contribution is -2.49. The van der Waals surface area contributed by atoms with Gasteiger partial charge >= 0.3 is 0 Å². The molecule has 1 aromatic rings. The van der Waals surface area contributed by atoms with Gasteiger partial charge in [0.2, 0.25) is 5.91 Å². The molecule has 1 heterocycles. The fourth-order valence-electron chi connectivity index (χ4n) is 2.37. The Morgan fingerprint density at radius 3 is 2.90 bits per heavy atom. The van der Waals surface area contributed by atoms with Crippen molar-refractivity contribution in [2.24, 2.45) is 0 Å². The number of nitrogens with zero attached hydrogens (tertiary/aromatic N) is 2. The van der Waals surface area contributed by atoms with Crippen LogP contribution in [0.2, 0.25) is 0 Å². The molecule has 0 unspecified atom stereocenters. The standard InChI is InChI=1S/C15H22FN3O2/c1-18-6-7-19(11-15(18)20)14-4-3-13(16)9-12(14)10-17-5-8-21-2/h3-4,9,17H,5-8,10-11H2,1-2H3. The Labute approximate surface area is 124 Å². The van der Waals surface area contributed by atoms with Crippen molar-refractivity contribution in [3.05, 3.63) is 29.6 Å². The number of ether oxygens (including phenoxy) is 1. The molecule has 0 aliphatic carbocycles. The fraction of sp³-hybridized carbons (Fsp3) is 0.533. The Kier molecular flexibility index (Phi) is 5.52. The van der Waals surface area contributed by atoms with Crippen LogP contribution in [0.4, 0.5) is 10.1 Å². The highest BCUT2D eigenvalue weighted by Gasteiger charge is 2.22. The van der Waals surface area contributed by atoms with E-state index in [9.17, 15) is 9.18 Å². The molecule has 0 aromatic heterocycles. The topological polar surface area (TPSA) is 44.8 Å². The van der Waals surface area contributed by atoms with Crippen molar-refractivity contribution in [2.45, 2.75) is 6.54 Å². The predicted octanol–water partition coefficient (Wildman–Crippen LogP) is 0.840. The van der Waals surface area contributed by atoms with Crippen LogP contribution in [-0.4, -0.2) is 57.8 Å². The van der Waals surface area contributed by atoms with Crippen molar-refractivity contribution in [3.8, 4) is 0 Å². The number of halogens is 1. The van der Waals surface area contributed by atoms with E-state index in [0.717, 1.165) is 17.8 Å². The molecular formula is C15H22FN3O2. The predicted molar refractivity (Wildman–Crippen MR) is 79.8 cm³/mol. The first kappa shape index (κ1) is 15.7. The third-order valence-corrected chi connectivity index (χ3v) is 3.64. The maximum atomic E-state index is 13.5. The summed E-state index contributed by atoms with van der Waals surface area (Å²) < 4.78 is 18.5. The number of rotatable bonds is 6. The molecule has 1 N–H and O–H groups in total. The second kappa shape index (κ2) is 7.38. The van der Waals surface area contributed by atoms with E-state index < -0.39 is 0 Å². The molecule has 1 aromatic carbocycles. The Bertz CT molecular complexity index is 496. The average molecular weight is 295 g/mol. The van der Waals surface area contributed by atoms with Gasteiger partial charge in [-0.1, -0.05) is 0 Å². The van der Waals surface area contributed by atoms with Gasteiger partial charge in [-0.05, 0) is 23.8 Å². The molecule has 1 saturated heterocycles. The zero-order valence-electron chi connectivity index (χ0n) is 12.6. The monoisotopic (exact) mass is 295 g/mol. The summed E-state index contributed by atoms with van der Waals surface area (Å²) in [6.45, 7) is 3.65. The first-order valence-electron chi connectivity index (χ1n) is 7.09. The number of carbonyl (C=O) groups excluding carboxylic acids is 1. The van der Waals surface area contributed by atoms with Crippen LogP contribution in [0.1, 0.15) is 5.56 Å². The molecule has 1 aliphatic heterocycles. The second-order valence-electron chi connectivity index (χ2n) is 5.18. The first-order chi connectivity index (χ1) is 10.1. The van der Waals surface area contributed by atoms with Gasteiger partial charge in [-0.3, -0.25) is 4.79 Å². The molecule has 0 bridgehead atoms. The number of benzene rings is 1. The van der Waals surface area contributed by atoms with Crippen molar-refractivity contribution in [1.82, 2.24) is 10.2 Å². The fourth-order valence-corrected chi connectivity index (χ4v) is 2.37. The van der Waals surface area contributed by atoms with Crippen LogP contribution in [0.3, 0.4) is 0 Å². The highest BCUT2D eigenvalue weighted by Crippen LogP contribution is 2.23. The van der Waals surface area contributed by atoms with Crippen LogP contribution in [0.25, 0.3) is 0 Å². The lowest BCUT2D eigenvalue weighted by Gasteiger charge is -2.34. The molecule has 1 fully saturated rings. The molecule has 6 heteroatoms. The molecule has 0 spiro atoms. The van der Waals surface area contributed by atoms with Crippen molar-refractivity contribution in [1.29, 1.82) is 0 Å². The number of methoxy groups -OCH3 is 1. The summed E-state index contributed by atoms with van der Waals surface area (Å²) in [6.07, 6.45) is 0. The Morgan fingerprint density at radius 2 is 2.19 bits per heavy atom. The Morgan fingerprint density at radius 1 is 1.38 bits per heavy atom. The number of carbonyl (C=O) groups is 1. The van der Waals surface area contributed by atoms with Crippen LogP contribution < -0.4 is 10.2 Å². The third-order valence-electron chi connectivity index (χ3n) is 3.64. The van der Waals surface area contributed by atoms with Crippen molar-refractivity contribution >= 4 is 11.6 Å². The number of nitrogens with one attached hydrogen (secondary N) is 1. The smallest absolute Gasteiger partial charge is 0.241 e. The van der Waals surface area contributed by atoms with E-state index >= 15 is 0 Å². The first-order valence-corrected chi connectivity index (χ1v) is 7.09. The quantitative estimate of drug-likeness (QED) is 0.790. The van der Waals surface area contributed by atoms with Crippen LogP contribution in [0.5, 0.6) is 0 Å². The summed E-state index contributed by atoms with van der Waals surface area (Å²) in [4.78, 5) is 15.6. The highest BCUT2D eigenvalue weighted by molar-refractivity contribution is 5.83. The van der Waals surface area contributed by atoms with Gasteiger partial charge in [0.25, 0.3) is 0 Å². The lowest BCUT2D eigenvalue weighted by atomic mass is 10.1. The van der Waals surface area contributed by atoms with E-state index in [4.69, 9.17) is 4.74 Å². The van der Waals surface area contributed by atoms with E-state index in [-0.39, 0.29) is 11.7 Å². The minimum atomic E-state index is -0.261. The Hall–Kier alpha value is -1.66. The van der Waals surface area contributed by atoms with Gasteiger partial charge < -0.3 is 19.9 Å². The maximum absolute atomic E-state index is 13.5. The van der Waals surface area contributed by atoms with Gasteiger partial charge in [0.15, 0.2) is 0 Å².